The summed E-state index contributed by atoms with van der Waals surface area (Å²) in [6, 6.07) is 2.07. The largest absolute Gasteiger partial charge is 0.468 e. The van der Waals surface area contributed by atoms with Crippen LogP contribution in [0.5, 0.6) is 0 Å². The van der Waals surface area contributed by atoms with Crippen molar-refractivity contribution in [3.05, 3.63) is 23.7 Å². The Morgan fingerprint density at radius 1 is 1.45 bits per heavy atom. The molecule has 20 heavy (non-hydrogen) atoms. The number of hydrogen-bond acceptors (Lipinski definition) is 4. The summed E-state index contributed by atoms with van der Waals surface area (Å²) in [6.45, 7) is 7.70. The molecule has 0 aromatic carbocycles. The molecule has 0 amide bonds. The summed E-state index contributed by atoms with van der Waals surface area (Å²) in [5, 5.41) is 3.39. The van der Waals surface area contributed by atoms with E-state index in [0.29, 0.717) is 0 Å². The molecule has 1 aromatic rings. The first-order chi connectivity index (χ1) is 9.79. The van der Waals surface area contributed by atoms with Gasteiger partial charge < -0.3 is 14.5 Å². The molecule has 0 bridgehead atoms. The number of nitrogens with zero attached hydrogens (tertiary/aromatic N) is 1. The van der Waals surface area contributed by atoms with Crippen molar-refractivity contribution < 1.29 is 9.15 Å². The molecule has 114 valence electrons. The Hall–Kier alpha value is -0.840. The van der Waals surface area contributed by atoms with Crippen LogP contribution in [0.4, 0.5) is 0 Å². The summed E-state index contributed by atoms with van der Waals surface area (Å²) in [5.41, 5.74) is 1.28. The second-order valence-electron chi connectivity index (χ2n) is 5.80. The molecule has 1 aromatic heterocycles. The summed E-state index contributed by atoms with van der Waals surface area (Å²) in [6.07, 6.45) is 5.65. The van der Waals surface area contributed by atoms with E-state index in [1.807, 2.05) is 0 Å². The predicted molar refractivity (Wildman–Crippen MR) is 80.6 cm³/mol. The summed E-state index contributed by atoms with van der Waals surface area (Å²) in [5.74, 6) is 1.91. The molecule has 1 aliphatic carbocycles. The van der Waals surface area contributed by atoms with Crippen molar-refractivity contribution in [2.45, 2.75) is 39.3 Å². The van der Waals surface area contributed by atoms with Gasteiger partial charge in [0.05, 0.1) is 19.4 Å². The number of ether oxygens (including phenoxy) is 1. The van der Waals surface area contributed by atoms with Gasteiger partial charge in [-0.25, -0.2) is 0 Å². The van der Waals surface area contributed by atoms with E-state index in [4.69, 9.17) is 9.15 Å². The molecular formula is C16H28N2O2. The lowest BCUT2D eigenvalue weighted by Crippen LogP contribution is -2.24. The number of furan rings is 1. The molecule has 0 saturated heterocycles. The number of rotatable bonds is 11. The zero-order chi connectivity index (χ0) is 14.2. The van der Waals surface area contributed by atoms with Crippen molar-refractivity contribution in [1.82, 2.24) is 10.2 Å². The fourth-order valence-electron chi connectivity index (χ4n) is 2.17. The van der Waals surface area contributed by atoms with Crippen molar-refractivity contribution in [2.24, 2.45) is 5.92 Å². The lowest BCUT2D eigenvalue weighted by atomic mass is 10.2. The van der Waals surface area contributed by atoms with Gasteiger partial charge in [0.2, 0.25) is 0 Å². The Balaban J connectivity index is 1.64. The van der Waals surface area contributed by atoms with E-state index in [9.17, 15) is 0 Å². The van der Waals surface area contributed by atoms with Gasteiger partial charge in [-0.05, 0) is 44.8 Å². The minimum Gasteiger partial charge on any atom is -0.468 e. The van der Waals surface area contributed by atoms with Crippen LogP contribution in [0.3, 0.4) is 0 Å². The number of hydrogen-bond donors (Lipinski definition) is 1. The summed E-state index contributed by atoms with van der Waals surface area (Å²) in [7, 11) is 2.14. The minimum atomic E-state index is 0.822. The fraction of sp³-hybridized carbons (Fsp3) is 0.750. The van der Waals surface area contributed by atoms with Gasteiger partial charge in [0.1, 0.15) is 5.76 Å². The first-order valence-electron chi connectivity index (χ1n) is 7.81. The van der Waals surface area contributed by atoms with Gasteiger partial charge >= 0.3 is 0 Å². The average molecular weight is 280 g/mol. The molecule has 1 saturated carbocycles. The fourth-order valence-corrected chi connectivity index (χ4v) is 2.17. The lowest BCUT2D eigenvalue weighted by molar-refractivity contribution is 0.102. The van der Waals surface area contributed by atoms with Gasteiger partial charge in [0.15, 0.2) is 0 Å². The molecule has 0 unspecified atom stereocenters. The van der Waals surface area contributed by atoms with Crippen LogP contribution in [-0.2, 0) is 17.8 Å². The molecule has 0 radical (unpaired) electrons. The van der Waals surface area contributed by atoms with E-state index in [2.05, 4.69) is 30.3 Å². The molecule has 0 atom stereocenters. The second kappa shape index (κ2) is 8.45. The highest BCUT2D eigenvalue weighted by atomic mass is 16.5. The first-order valence-corrected chi connectivity index (χ1v) is 7.81. The third kappa shape index (κ3) is 5.65. The lowest BCUT2D eigenvalue weighted by Gasteiger charge is -2.16. The molecule has 1 fully saturated rings. The smallest absolute Gasteiger partial charge is 0.122 e. The van der Waals surface area contributed by atoms with Crippen LogP contribution >= 0.6 is 0 Å². The molecule has 0 aliphatic heterocycles. The van der Waals surface area contributed by atoms with Crippen molar-refractivity contribution in [3.8, 4) is 0 Å². The molecule has 4 nitrogen and oxygen atoms in total. The molecule has 2 rings (SSSR count). The van der Waals surface area contributed by atoms with Crippen LogP contribution in [0.1, 0.15) is 37.5 Å². The Labute approximate surface area is 122 Å². The van der Waals surface area contributed by atoms with Crippen molar-refractivity contribution in [3.63, 3.8) is 0 Å². The third-order valence-electron chi connectivity index (χ3n) is 3.66. The third-order valence-corrected chi connectivity index (χ3v) is 3.66. The van der Waals surface area contributed by atoms with Crippen LogP contribution < -0.4 is 5.32 Å². The molecule has 1 aliphatic rings. The summed E-state index contributed by atoms with van der Waals surface area (Å²) in [4.78, 5) is 2.29. The van der Waals surface area contributed by atoms with Gasteiger partial charge in [-0.3, -0.25) is 4.90 Å². The summed E-state index contributed by atoms with van der Waals surface area (Å²) < 4.78 is 11.2. The topological polar surface area (TPSA) is 37.6 Å². The van der Waals surface area contributed by atoms with Gasteiger partial charge in [-0.1, -0.05) is 6.92 Å². The second-order valence-corrected chi connectivity index (χ2v) is 5.80. The van der Waals surface area contributed by atoms with Crippen LogP contribution in [0.2, 0.25) is 0 Å². The van der Waals surface area contributed by atoms with E-state index < -0.39 is 0 Å². The Kier molecular flexibility index (Phi) is 6.57. The van der Waals surface area contributed by atoms with Crippen LogP contribution in [0.25, 0.3) is 0 Å². The van der Waals surface area contributed by atoms with Gasteiger partial charge in [0, 0.05) is 25.3 Å². The first kappa shape index (κ1) is 15.5. The average Bonchev–Trinajstić information content (AvgIpc) is 3.16. The molecule has 1 N–H and O–H groups in total. The number of likely N-dealkylation sites (N-methyl/N-ethyl adjacent to an activating group) is 1. The maximum Gasteiger partial charge on any atom is 0.122 e. The normalized spacial score (nSPS) is 15.2. The summed E-state index contributed by atoms with van der Waals surface area (Å²) >= 11 is 0. The minimum absolute atomic E-state index is 0.822. The Morgan fingerprint density at radius 3 is 3.05 bits per heavy atom. The highest BCUT2D eigenvalue weighted by Crippen LogP contribution is 2.28. The van der Waals surface area contributed by atoms with Crippen LogP contribution in [0, 0.1) is 5.92 Å². The molecule has 1 heterocycles. The monoisotopic (exact) mass is 280 g/mol. The maximum atomic E-state index is 5.68. The van der Waals surface area contributed by atoms with E-state index in [1.54, 1.807) is 6.26 Å². The van der Waals surface area contributed by atoms with E-state index in [0.717, 1.165) is 57.5 Å². The highest BCUT2D eigenvalue weighted by molar-refractivity contribution is 5.16. The maximum absolute atomic E-state index is 5.68. The van der Waals surface area contributed by atoms with Gasteiger partial charge in [0.25, 0.3) is 0 Å². The van der Waals surface area contributed by atoms with E-state index in [1.165, 1.54) is 18.4 Å². The quantitative estimate of drug-likeness (QED) is 0.632. The highest BCUT2D eigenvalue weighted by Gasteiger charge is 2.21. The SMILES string of the molecule is CCCNCc1occc1CN(C)CCOCC1CC1. The van der Waals surface area contributed by atoms with Crippen molar-refractivity contribution in [1.29, 1.82) is 0 Å². The number of nitrogens with one attached hydrogen (secondary N) is 1. The van der Waals surface area contributed by atoms with Gasteiger partial charge in [-0.2, -0.15) is 0 Å². The predicted octanol–water partition coefficient (Wildman–Crippen LogP) is 2.64. The Morgan fingerprint density at radius 2 is 2.30 bits per heavy atom. The van der Waals surface area contributed by atoms with Crippen molar-refractivity contribution in [2.75, 3.05) is 33.4 Å². The Bertz CT molecular complexity index is 374. The van der Waals surface area contributed by atoms with Crippen molar-refractivity contribution >= 4 is 0 Å². The van der Waals surface area contributed by atoms with E-state index >= 15 is 0 Å². The van der Waals surface area contributed by atoms with Crippen LogP contribution in [0.15, 0.2) is 16.7 Å². The van der Waals surface area contributed by atoms with E-state index in [-0.39, 0.29) is 0 Å². The molecular weight excluding hydrogens is 252 g/mol. The zero-order valence-electron chi connectivity index (χ0n) is 12.9. The zero-order valence-corrected chi connectivity index (χ0v) is 12.9. The standard InChI is InChI=1S/C16H28N2O2/c1-3-7-17-11-16-15(6-9-20-16)12-18(2)8-10-19-13-14-4-5-14/h6,9,14,17H,3-5,7-8,10-13H2,1-2H3. The van der Waals surface area contributed by atoms with Gasteiger partial charge in [-0.15, -0.1) is 0 Å². The molecule has 0 spiro atoms. The molecule has 4 heteroatoms. The van der Waals surface area contributed by atoms with Crippen LogP contribution in [-0.4, -0.2) is 38.3 Å².